The van der Waals surface area contributed by atoms with Crippen molar-refractivity contribution in [3.63, 3.8) is 0 Å². The lowest BCUT2D eigenvalue weighted by atomic mass is 10.2. The Morgan fingerprint density at radius 1 is 1.45 bits per heavy atom. The smallest absolute Gasteiger partial charge is 0.133 e. The van der Waals surface area contributed by atoms with E-state index in [0.717, 1.165) is 0 Å². The zero-order valence-electron chi connectivity index (χ0n) is 6.21. The summed E-state index contributed by atoms with van der Waals surface area (Å²) in [4.78, 5) is 0. The maximum Gasteiger partial charge on any atom is 0.133 e. The van der Waals surface area contributed by atoms with E-state index in [4.69, 9.17) is 5.11 Å². The Hall–Kier alpha value is -0.930. The molecule has 2 N–H and O–H groups in total. The Labute approximate surface area is 64.7 Å². The molecule has 0 aliphatic rings. The zero-order chi connectivity index (χ0) is 8.27. The van der Waals surface area contributed by atoms with Crippen molar-refractivity contribution in [2.24, 2.45) is 0 Å². The lowest BCUT2D eigenvalue weighted by Crippen LogP contribution is -2.16. The molecule has 3 heteroatoms. The fourth-order valence-corrected chi connectivity index (χ4v) is 0.852. The second kappa shape index (κ2) is 3.46. The normalized spacial score (nSPS) is 13.0. The molecule has 0 aliphatic carbocycles. The highest BCUT2D eigenvalue weighted by atomic mass is 19.1. The highest BCUT2D eigenvalue weighted by molar-refractivity contribution is 5.18. The van der Waals surface area contributed by atoms with Gasteiger partial charge in [0.25, 0.3) is 0 Å². The van der Waals surface area contributed by atoms with Crippen LogP contribution in [0.4, 0.5) is 4.39 Å². The van der Waals surface area contributed by atoms with Gasteiger partial charge < -0.3 is 5.11 Å². The van der Waals surface area contributed by atoms with Gasteiger partial charge in [-0.05, 0) is 13.1 Å². The van der Waals surface area contributed by atoms with Crippen LogP contribution in [-0.4, -0.2) is 12.2 Å². The molecule has 0 spiro atoms. The number of rotatable bonds is 2. The van der Waals surface area contributed by atoms with E-state index in [1.807, 2.05) is 0 Å². The second-order valence-corrected chi connectivity index (χ2v) is 2.21. The molecule has 0 bridgehead atoms. The van der Waals surface area contributed by atoms with Crippen molar-refractivity contribution in [3.05, 3.63) is 35.6 Å². The average molecular weight is 155 g/mol. The number of hydrogen-bond donors (Lipinski definition) is 2. The second-order valence-electron chi connectivity index (χ2n) is 2.21. The van der Waals surface area contributed by atoms with Crippen LogP contribution in [0.25, 0.3) is 0 Å². The Balaban J connectivity index is 2.93. The van der Waals surface area contributed by atoms with Gasteiger partial charge in [-0.3, -0.25) is 5.32 Å². The third-order valence-electron chi connectivity index (χ3n) is 1.47. The van der Waals surface area contributed by atoms with Crippen molar-refractivity contribution in [1.82, 2.24) is 5.32 Å². The molecule has 60 valence electrons. The summed E-state index contributed by atoms with van der Waals surface area (Å²) in [6.07, 6.45) is -0.920. The Morgan fingerprint density at radius 3 is 2.64 bits per heavy atom. The van der Waals surface area contributed by atoms with E-state index in [-0.39, 0.29) is 5.56 Å². The molecule has 0 heterocycles. The first-order chi connectivity index (χ1) is 5.25. The summed E-state index contributed by atoms with van der Waals surface area (Å²) in [6.45, 7) is 0. The van der Waals surface area contributed by atoms with Gasteiger partial charge in [0, 0.05) is 5.56 Å². The number of hydrogen-bond acceptors (Lipinski definition) is 2. The van der Waals surface area contributed by atoms with E-state index in [2.05, 4.69) is 5.32 Å². The minimum Gasteiger partial charge on any atom is -0.374 e. The summed E-state index contributed by atoms with van der Waals surface area (Å²) >= 11 is 0. The highest BCUT2D eigenvalue weighted by Crippen LogP contribution is 2.12. The van der Waals surface area contributed by atoms with Crippen LogP contribution in [0.5, 0.6) is 0 Å². The summed E-state index contributed by atoms with van der Waals surface area (Å²) in [7, 11) is 1.57. The largest absolute Gasteiger partial charge is 0.374 e. The van der Waals surface area contributed by atoms with Crippen LogP contribution in [0.3, 0.4) is 0 Å². The lowest BCUT2D eigenvalue weighted by Gasteiger charge is -2.09. The van der Waals surface area contributed by atoms with E-state index in [1.165, 1.54) is 12.1 Å². The van der Waals surface area contributed by atoms with Crippen LogP contribution in [0.1, 0.15) is 11.8 Å². The molecule has 0 fully saturated rings. The van der Waals surface area contributed by atoms with E-state index in [0.29, 0.717) is 0 Å². The van der Waals surface area contributed by atoms with Crippen LogP contribution in [0, 0.1) is 5.82 Å². The van der Waals surface area contributed by atoms with Gasteiger partial charge in [0.05, 0.1) is 0 Å². The van der Waals surface area contributed by atoms with Gasteiger partial charge in [0.1, 0.15) is 12.0 Å². The van der Waals surface area contributed by atoms with Gasteiger partial charge in [-0.25, -0.2) is 4.39 Å². The van der Waals surface area contributed by atoms with Gasteiger partial charge in [-0.15, -0.1) is 0 Å². The van der Waals surface area contributed by atoms with Crippen LogP contribution in [0.2, 0.25) is 0 Å². The molecule has 0 aliphatic heterocycles. The molecule has 0 saturated heterocycles. The number of aliphatic hydroxyl groups excluding tert-OH is 1. The standard InChI is InChI=1S/C8H10FNO/c1-10-8(11)6-4-2-3-5-7(6)9/h2-5,8,10-11H,1H3. The summed E-state index contributed by atoms with van der Waals surface area (Å²) in [5, 5.41) is 11.7. The fraction of sp³-hybridized carbons (Fsp3) is 0.250. The van der Waals surface area contributed by atoms with Gasteiger partial charge in [0.15, 0.2) is 0 Å². The summed E-state index contributed by atoms with van der Waals surface area (Å²) in [5.74, 6) is -0.394. The third kappa shape index (κ3) is 1.76. The molecular formula is C8H10FNO. The van der Waals surface area contributed by atoms with Crippen molar-refractivity contribution >= 4 is 0 Å². The maximum atomic E-state index is 12.8. The molecule has 0 aromatic heterocycles. The minimum atomic E-state index is -0.920. The average Bonchev–Trinajstić information content (AvgIpc) is 2.04. The molecule has 11 heavy (non-hydrogen) atoms. The van der Waals surface area contributed by atoms with Gasteiger partial charge in [-0.1, -0.05) is 18.2 Å². The van der Waals surface area contributed by atoms with E-state index in [9.17, 15) is 4.39 Å². The van der Waals surface area contributed by atoms with Gasteiger partial charge in [-0.2, -0.15) is 0 Å². The first kappa shape index (κ1) is 8.17. The first-order valence-corrected chi connectivity index (χ1v) is 3.35. The van der Waals surface area contributed by atoms with Crippen LogP contribution in [-0.2, 0) is 0 Å². The van der Waals surface area contributed by atoms with Crippen LogP contribution in [0.15, 0.2) is 24.3 Å². The molecular weight excluding hydrogens is 145 g/mol. The van der Waals surface area contributed by atoms with Crippen LogP contribution < -0.4 is 5.32 Å². The van der Waals surface area contributed by atoms with Crippen LogP contribution >= 0.6 is 0 Å². The van der Waals surface area contributed by atoms with Crippen molar-refractivity contribution in [2.75, 3.05) is 7.05 Å². The van der Waals surface area contributed by atoms with E-state index < -0.39 is 12.0 Å². The van der Waals surface area contributed by atoms with Crippen molar-refractivity contribution in [1.29, 1.82) is 0 Å². The van der Waals surface area contributed by atoms with Gasteiger partial charge >= 0.3 is 0 Å². The quantitative estimate of drug-likeness (QED) is 0.625. The summed E-state index contributed by atoms with van der Waals surface area (Å²) in [6, 6.07) is 6.12. The number of benzene rings is 1. The molecule has 1 aromatic rings. The zero-order valence-corrected chi connectivity index (χ0v) is 6.21. The Bertz CT molecular complexity index is 239. The predicted octanol–water partition coefficient (Wildman–Crippen LogP) is 1.04. The number of nitrogens with one attached hydrogen (secondary N) is 1. The molecule has 1 atom stereocenters. The number of halogens is 1. The van der Waals surface area contributed by atoms with E-state index >= 15 is 0 Å². The maximum absolute atomic E-state index is 12.8. The molecule has 0 amide bonds. The monoisotopic (exact) mass is 155 g/mol. The van der Waals surface area contributed by atoms with Gasteiger partial charge in [0.2, 0.25) is 0 Å². The first-order valence-electron chi connectivity index (χ1n) is 3.35. The third-order valence-corrected chi connectivity index (χ3v) is 1.47. The van der Waals surface area contributed by atoms with Crippen molar-refractivity contribution in [2.45, 2.75) is 6.23 Å². The fourth-order valence-electron chi connectivity index (χ4n) is 0.852. The van der Waals surface area contributed by atoms with Crippen molar-refractivity contribution < 1.29 is 9.50 Å². The number of aliphatic hydroxyl groups is 1. The molecule has 0 saturated carbocycles. The van der Waals surface area contributed by atoms with Crippen molar-refractivity contribution in [3.8, 4) is 0 Å². The van der Waals surface area contributed by atoms with E-state index in [1.54, 1.807) is 19.2 Å². The lowest BCUT2D eigenvalue weighted by molar-refractivity contribution is 0.145. The summed E-state index contributed by atoms with van der Waals surface area (Å²) in [5.41, 5.74) is 0.273. The molecule has 1 rings (SSSR count). The SMILES string of the molecule is CNC(O)c1ccccc1F. The highest BCUT2D eigenvalue weighted by Gasteiger charge is 2.07. The predicted molar refractivity (Wildman–Crippen MR) is 40.4 cm³/mol. The summed E-state index contributed by atoms with van der Waals surface area (Å²) < 4.78 is 12.8. The molecule has 0 radical (unpaired) electrons. The topological polar surface area (TPSA) is 32.3 Å². The Kier molecular flexibility index (Phi) is 2.57. The molecule has 1 unspecified atom stereocenters. The molecule has 2 nitrogen and oxygen atoms in total. The minimum absolute atomic E-state index is 0.273. The Morgan fingerprint density at radius 2 is 2.09 bits per heavy atom. The molecule has 1 aromatic carbocycles.